The van der Waals surface area contributed by atoms with Crippen molar-refractivity contribution in [2.24, 2.45) is 0 Å². The number of benzene rings is 5. The Morgan fingerprint density at radius 3 is 1.69 bits per heavy atom. The third-order valence-electron chi connectivity index (χ3n) is 6.01. The lowest BCUT2D eigenvalue weighted by Gasteiger charge is -2.11. The highest BCUT2D eigenvalue weighted by atomic mass is 79.9. The summed E-state index contributed by atoms with van der Waals surface area (Å²) < 4.78 is 1.05. The maximum Gasteiger partial charge on any atom is 0.164 e. The van der Waals surface area contributed by atoms with Crippen molar-refractivity contribution in [2.75, 3.05) is 0 Å². The molecule has 166 valence electrons. The molecule has 0 N–H and O–H groups in total. The average molecular weight is 514 g/mol. The minimum atomic E-state index is 0.652. The van der Waals surface area contributed by atoms with Gasteiger partial charge in [0, 0.05) is 21.2 Å². The van der Waals surface area contributed by atoms with Crippen molar-refractivity contribution >= 4 is 26.7 Å². The molecule has 3 nitrogen and oxygen atoms in total. The van der Waals surface area contributed by atoms with E-state index < -0.39 is 0 Å². The molecule has 0 unspecified atom stereocenters. The zero-order valence-corrected chi connectivity index (χ0v) is 20.4. The normalized spacial score (nSPS) is 11.0. The molecule has 1 heterocycles. The summed E-state index contributed by atoms with van der Waals surface area (Å²) in [5.41, 5.74) is 5.17. The topological polar surface area (TPSA) is 38.7 Å². The summed E-state index contributed by atoms with van der Waals surface area (Å²) in [6.45, 7) is 0. The van der Waals surface area contributed by atoms with Crippen LogP contribution in [0, 0.1) is 0 Å². The van der Waals surface area contributed by atoms with E-state index in [0.29, 0.717) is 17.5 Å². The van der Waals surface area contributed by atoms with Gasteiger partial charge in [-0.1, -0.05) is 119 Å². The second kappa shape index (κ2) is 9.24. The predicted octanol–water partition coefficient (Wildman–Crippen LogP) is 8.46. The number of aromatic nitrogens is 3. The molecule has 6 aromatic rings. The average Bonchev–Trinajstić information content (AvgIpc) is 2.94. The van der Waals surface area contributed by atoms with Crippen LogP contribution < -0.4 is 0 Å². The van der Waals surface area contributed by atoms with E-state index in [0.717, 1.165) is 43.1 Å². The number of nitrogens with zero attached hydrogens (tertiary/aromatic N) is 3. The number of hydrogen-bond acceptors (Lipinski definition) is 3. The van der Waals surface area contributed by atoms with Gasteiger partial charge in [-0.25, -0.2) is 15.0 Å². The van der Waals surface area contributed by atoms with E-state index in [2.05, 4.69) is 88.7 Å². The van der Waals surface area contributed by atoms with Gasteiger partial charge in [0.1, 0.15) is 0 Å². The monoisotopic (exact) mass is 513 g/mol. The van der Waals surface area contributed by atoms with Crippen molar-refractivity contribution in [3.63, 3.8) is 0 Å². The lowest BCUT2D eigenvalue weighted by atomic mass is 10.0. The molecule has 0 bridgehead atoms. The van der Waals surface area contributed by atoms with Crippen LogP contribution in [0.25, 0.3) is 56.1 Å². The maximum absolute atomic E-state index is 4.98. The third-order valence-corrected chi connectivity index (χ3v) is 6.70. The van der Waals surface area contributed by atoms with Crippen LogP contribution in [-0.4, -0.2) is 15.0 Å². The molecule has 4 heteroatoms. The Balaban J connectivity index is 1.57. The van der Waals surface area contributed by atoms with Crippen molar-refractivity contribution in [2.45, 2.75) is 0 Å². The molecule has 0 amide bonds. The number of hydrogen-bond donors (Lipinski definition) is 0. The van der Waals surface area contributed by atoms with Crippen LogP contribution in [-0.2, 0) is 0 Å². The lowest BCUT2D eigenvalue weighted by molar-refractivity contribution is 1.08. The van der Waals surface area contributed by atoms with Gasteiger partial charge in [0.15, 0.2) is 17.5 Å². The Bertz CT molecular complexity index is 1650. The number of fused-ring (bicyclic) bond motifs is 1. The van der Waals surface area contributed by atoms with Crippen molar-refractivity contribution in [3.05, 3.63) is 126 Å². The van der Waals surface area contributed by atoms with Gasteiger partial charge in [0.25, 0.3) is 0 Å². The zero-order chi connectivity index (χ0) is 23.6. The van der Waals surface area contributed by atoms with Gasteiger partial charge in [-0.05, 0) is 40.1 Å². The van der Waals surface area contributed by atoms with Gasteiger partial charge in [-0.2, -0.15) is 0 Å². The molecule has 0 radical (unpaired) electrons. The molecule has 6 rings (SSSR count). The minimum Gasteiger partial charge on any atom is -0.208 e. The first-order valence-electron chi connectivity index (χ1n) is 11.4. The first-order chi connectivity index (χ1) is 17.3. The summed E-state index contributed by atoms with van der Waals surface area (Å²) in [5.74, 6) is 1.96. The molecule has 0 aliphatic heterocycles. The molecule has 0 spiro atoms. The van der Waals surface area contributed by atoms with Crippen LogP contribution >= 0.6 is 15.9 Å². The van der Waals surface area contributed by atoms with Crippen LogP contribution in [0.1, 0.15) is 0 Å². The van der Waals surface area contributed by atoms with E-state index in [4.69, 9.17) is 15.0 Å². The van der Waals surface area contributed by atoms with Gasteiger partial charge in [0.05, 0.1) is 0 Å². The fourth-order valence-corrected chi connectivity index (χ4v) is 4.75. The smallest absolute Gasteiger partial charge is 0.164 e. The Morgan fingerprint density at radius 1 is 0.400 bits per heavy atom. The molecule has 0 atom stereocenters. The SMILES string of the molecule is Brc1ccc(-c2nc(-c3ccccc3)nc(-c3cccc(-c4ccccc4)c3)n2)c2ccccc12. The molecule has 0 fully saturated rings. The van der Waals surface area contributed by atoms with Gasteiger partial charge in [0.2, 0.25) is 0 Å². The van der Waals surface area contributed by atoms with Crippen molar-refractivity contribution in [1.29, 1.82) is 0 Å². The first kappa shape index (κ1) is 21.4. The molecular weight excluding hydrogens is 494 g/mol. The first-order valence-corrected chi connectivity index (χ1v) is 12.2. The second-order valence-corrected chi connectivity index (χ2v) is 9.11. The van der Waals surface area contributed by atoms with Crippen LogP contribution in [0.2, 0.25) is 0 Å². The maximum atomic E-state index is 4.98. The molecule has 5 aromatic carbocycles. The Labute approximate surface area is 212 Å². The van der Waals surface area contributed by atoms with Crippen LogP contribution in [0.15, 0.2) is 126 Å². The van der Waals surface area contributed by atoms with E-state index in [9.17, 15) is 0 Å². The van der Waals surface area contributed by atoms with Crippen molar-refractivity contribution in [3.8, 4) is 45.3 Å². The molecule has 0 aliphatic carbocycles. The Kier molecular flexibility index (Phi) is 5.65. The van der Waals surface area contributed by atoms with E-state index in [-0.39, 0.29) is 0 Å². The van der Waals surface area contributed by atoms with Crippen LogP contribution in [0.3, 0.4) is 0 Å². The Hall–Kier alpha value is -4.15. The Morgan fingerprint density at radius 2 is 0.943 bits per heavy atom. The van der Waals surface area contributed by atoms with E-state index in [1.807, 2.05) is 48.5 Å². The largest absolute Gasteiger partial charge is 0.208 e. The highest BCUT2D eigenvalue weighted by molar-refractivity contribution is 9.10. The highest BCUT2D eigenvalue weighted by Crippen LogP contribution is 2.34. The molecule has 0 aliphatic rings. The highest BCUT2D eigenvalue weighted by Gasteiger charge is 2.15. The molecule has 0 saturated carbocycles. The van der Waals surface area contributed by atoms with E-state index in [1.165, 1.54) is 0 Å². The van der Waals surface area contributed by atoms with Crippen LogP contribution in [0.5, 0.6) is 0 Å². The fraction of sp³-hybridized carbons (Fsp3) is 0. The van der Waals surface area contributed by atoms with Gasteiger partial charge >= 0.3 is 0 Å². The predicted molar refractivity (Wildman–Crippen MR) is 147 cm³/mol. The summed E-state index contributed by atoms with van der Waals surface area (Å²) in [6, 6.07) is 41.2. The van der Waals surface area contributed by atoms with Crippen molar-refractivity contribution in [1.82, 2.24) is 15.0 Å². The minimum absolute atomic E-state index is 0.652. The number of rotatable bonds is 4. The van der Waals surface area contributed by atoms with E-state index in [1.54, 1.807) is 0 Å². The quantitative estimate of drug-likeness (QED) is 0.237. The lowest BCUT2D eigenvalue weighted by Crippen LogP contribution is -2.00. The standard InChI is InChI=1S/C31H20BrN3/c32-28-19-18-27(25-16-7-8-17-26(25)28)31-34-29(22-12-5-2-6-13-22)33-30(35-31)24-15-9-14-23(20-24)21-10-3-1-4-11-21/h1-20H. The summed E-state index contributed by atoms with van der Waals surface area (Å²) >= 11 is 3.68. The summed E-state index contributed by atoms with van der Waals surface area (Å²) in [6.07, 6.45) is 0. The summed E-state index contributed by atoms with van der Waals surface area (Å²) in [7, 11) is 0. The van der Waals surface area contributed by atoms with Gasteiger partial charge in [-0.15, -0.1) is 0 Å². The molecule has 0 saturated heterocycles. The number of halogens is 1. The van der Waals surface area contributed by atoms with Crippen molar-refractivity contribution < 1.29 is 0 Å². The summed E-state index contributed by atoms with van der Waals surface area (Å²) in [5, 5.41) is 2.22. The fourth-order valence-electron chi connectivity index (χ4n) is 4.27. The van der Waals surface area contributed by atoms with E-state index >= 15 is 0 Å². The van der Waals surface area contributed by atoms with Gasteiger partial charge in [-0.3, -0.25) is 0 Å². The molecular formula is C31H20BrN3. The van der Waals surface area contributed by atoms with Gasteiger partial charge < -0.3 is 0 Å². The third kappa shape index (κ3) is 4.25. The van der Waals surface area contributed by atoms with Crippen LogP contribution in [0.4, 0.5) is 0 Å². The molecule has 35 heavy (non-hydrogen) atoms. The zero-order valence-electron chi connectivity index (χ0n) is 18.8. The second-order valence-electron chi connectivity index (χ2n) is 8.26. The molecule has 1 aromatic heterocycles. The summed E-state index contributed by atoms with van der Waals surface area (Å²) in [4.78, 5) is 14.8.